The van der Waals surface area contributed by atoms with Crippen LogP contribution in [0.1, 0.15) is 6.42 Å². The van der Waals surface area contributed by atoms with Crippen molar-refractivity contribution in [2.75, 3.05) is 6.61 Å². The third kappa shape index (κ3) is 1.37. The van der Waals surface area contributed by atoms with Gasteiger partial charge in [-0.15, -0.1) is 0 Å². The molecule has 0 aromatic carbocycles. The molecule has 1 heterocycles. The Kier molecular flexibility index (Phi) is 1.75. The zero-order chi connectivity index (χ0) is 7.56. The lowest BCUT2D eigenvalue weighted by Gasteiger charge is -2.02. The molecule has 0 spiro atoms. The summed E-state index contributed by atoms with van der Waals surface area (Å²) in [6.07, 6.45) is -1.32. The third-order valence-corrected chi connectivity index (χ3v) is 1.15. The number of carbonyl (C=O) groups is 2. The molecule has 0 aromatic rings. The number of primary amides is 1. The summed E-state index contributed by atoms with van der Waals surface area (Å²) in [5.74, 6) is -0.515. The van der Waals surface area contributed by atoms with E-state index in [4.69, 9.17) is 0 Å². The summed E-state index contributed by atoms with van der Waals surface area (Å²) in [5, 5.41) is 0. The number of amides is 1. The highest BCUT2D eigenvalue weighted by atomic mass is 16.6. The smallest absolute Gasteiger partial charge is 0.405 e. The van der Waals surface area contributed by atoms with Crippen LogP contribution >= 0.6 is 0 Å². The minimum Gasteiger partial charge on any atom is -0.463 e. The highest BCUT2D eigenvalue weighted by Gasteiger charge is 2.29. The van der Waals surface area contributed by atoms with Gasteiger partial charge in [0.2, 0.25) is 6.10 Å². The van der Waals surface area contributed by atoms with Gasteiger partial charge in [0, 0.05) is 6.42 Å². The third-order valence-electron chi connectivity index (χ3n) is 1.15. The Morgan fingerprint density at radius 1 is 1.80 bits per heavy atom. The first-order valence-corrected chi connectivity index (χ1v) is 2.83. The number of nitrogens with two attached hydrogens (primary N) is 1. The first kappa shape index (κ1) is 6.85. The number of carbonyl (C=O) groups excluding carboxylic acids is 2. The lowest BCUT2D eigenvalue weighted by molar-refractivity contribution is -0.144. The normalized spacial score (nSPS) is 24.0. The van der Waals surface area contributed by atoms with Crippen molar-refractivity contribution >= 4 is 12.1 Å². The summed E-state index contributed by atoms with van der Waals surface area (Å²) in [5.41, 5.74) is 4.67. The predicted molar refractivity (Wildman–Crippen MR) is 30.0 cm³/mol. The zero-order valence-electron chi connectivity index (χ0n) is 5.20. The van der Waals surface area contributed by atoms with Gasteiger partial charge in [-0.2, -0.15) is 0 Å². The monoisotopic (exact) mass is 145 g/mol. The van der Waals surface area contributed by atoms with Crippen molar-refractivity contribution in [3.05, 3.63) is 0 Å². The van der Waals surface area contributed by atoms with Crippen molar-refractivity contribution in [2.45, 2.75) is 12.5 Å². The number of hydrogen-bond donors (Lipinski definition) is 1. The Morgan fingerprint density at radius 3 is 2.90 bits per heavy atom. The molecule has 5 nitrogen and oxygen atoms in total. The summed E-state index contributed by atoms with van der Waals surface area (Å²) >= 11 is 0. The summed E-state index contributed by atoms with van der Waals surface area (Å²) in [6, 6.07) is 0. The molecule has 1 rings (SSSR count). The van der Waals surface area contributed by atoms with E-state index in [2.05, 4.69) is 15.2 Å². The van der Waals surface area contributed by atoms with Gasteiger partial charge < -0.3 is 15.2 Å². The molecule has 1 saturated heterocycles. The van der Waals surface area contributed by atoms with E-state index in [1.807, 2.05) is 0 Å². The minimum atomic E-state index is -0.941. The summed E-state index contributed by atoms with van der Waals surface area (Å²) in [4.78, 5) is 20.6. The highest BCUT2D eigenvalue weighted by molar-refractivity contribution is 5.79. The molecule has 1 atom stereocenters. The van der Waals surface area contributed by atoms with E-state index in [1.165, 1.54) is 0 Å². The zero-order valence-corrected chi connectivity index (χ0v) is 5.20. The van der Waals surface area contributed by atoms with Gasteiger partial charge in [0.05, 0.1) is 6.61 Å². The fourth-order valence-electron chi connectivity index (χ4n) is 0.725. The molecule has 5 heteroatoms. The maximum Gasteiger partial charge on any atom is 0.405 e. The highest BCUT2D eigenvalue weighted by Crippen LogP contribution is 2.09. The SMILES string of the molecule is NC(=O)O[C@@H]1CCOC1=O. The molecule has 1 aliphatic rings. The maximum absolute atomic E-state index is 10.6. The number of cyclic esters (lactones) is 1. The van der Waals surface area contributed by atoms with Crippen molar-refractivity contribution in [3.8, 4) is 0 Å². The van der Waals surface area contributed by atoms with E-state index in [0.717, 1.165) is 0 Å². The Hall–Kier alpha value is -1.26. The molecular formula is C5H7NO4. The van der Waals surface area contributed by atoms with E-state index in [-0.39, 0.29) is 0 Å². The lowest BCUT2D eigenvalue weighted by Crippen LogP contribution is -2.26. The van der Waals surface area contributed by atoms with Crippen LogP contribution in [0.5, 0.6) is 0 Å². The van der Waals surface area contributed by atoms with E-state index in [9.17, 15) is 9.59 Å². The topological polar surface area (TPSA) is 78.6 Å². The van der Waals surface area contributed by atoms with Crippen molar-refractivity contribution in [2.24, 2.45) is 5.73 Å². The molecule has 0 radical (unpaired) electrons. The quantitative estimate of drug-likeness (QED) is 0.499. The number of esters is 1. The molecule has 1 aliphatic heterocycles. The molecule has 1 fully saturated rings. The van der Waals surface area contributed by atoms with Gasteiger partial charge in [-0.3, -0.25) is 0 Å². The number of rotatable bonds is 1. The summed E-state index contributed by atoms with van der Waals surface area (Å²) < 4.78 is 8.88. The van der Waals surface area contributed by atoms with Gasteiger partial charge in [-0.05, 0) is 0 Å². The van der Waals surface area contributed by atoms with Crippen molar-refractivity contribution in [1.82, 2.24) is 0 Å². The fraction of sp³-hybridized carbons (Fsp3) is 0.600. The van der Waals surface area contributed by atoms with Gasteiger partial charge in [-0.25, -0.2) is 9.59 Å². The molecule has 0 bridgehead atoms. The lowest BCUT2D eigenvalue weighted by atomic mass is 10.3. The van der Waals surface area contributed by atoms with Crippen LogP contribution < -0.4 is 5.73 Å². The second-order valence-corrected chi connectivity index (χ2v) is 1.88. The molecule has 0 aromatic heterocycles. The molecule has 0 unspecified atom stereocenters. The second-order valence-electron chi connectivity index (χ2n) is 1.88. The van der Waals surface area contributed by atoms with E-state index < -0.39 is 18.2 Å². The second kappa shape index (κ2) is 2.55. The molecule has 2 N–H and O–H groups in total. The van der Waals surface area contributed by atoms with Crippen LogP contribution in [-0.2, 0) is 14.3 Å². The van der Waals surface area contributed by atoms with Crippen LogP contribution in [0.25, 0.3) is 0 Å². The van der Waals surface area contributed by atoms with Gasteiger partial charge in [0.1, 0.15) is 0 Å². The first-order valence-electron chi connectivity index (χ1n) is 2.83. The van der Waals surface area contributed by atoms with Crippen molar-refractivity contribution in [3.63, 3.8) is 0 Å². The maximum atomic E-state index is 10.6. The molecule has 10 heavy (non-hydrogen) atoms. The van der Waals surface area contributed by atoms with E-state index in [0.29, 0.717) is 13.0 Å². The number of ether oxygens (including phenoxy) is 2. The van der Waals surface area contributed by atoms with Gasteiger partial charge in [-0.1, -0.05) is 0 Å². The molecule has 1 amide bonds. The molecular weight excluding hydrogens is 138 g/mol. The standard InChI is InChI=1S/C5H7NO4/c6-5(8)10-3-1-2-9-4(3)7/h3H,1-2H2,(H2,6,8)/t3-/m1/s1. The summed E-state index contributed by atoms with van der Waals surface area (Å²) in [6.45, 7) is 0.302. The Bertz CT molecular complexity index is 167. The Balaban J connectivity index is 2.40. The van der Waals surface area contributed by atoms with E-state index >= 15 is 0 Å². The van der Waals surface area contributed by atoms with Crippen LogP contribution in [0.15, 0.2) is 0 Å². The van der Waals surface area contributed by atoms with Gasteiger partial charge in [0.25, 0.3) is 0 Å². The Labute approximate surface area is 57.1 Å². The average Bonchev–Trinajstić information content (AvgIpc) is 2.15. The van der Waals surface area contributed by atoms with Crippen LogP contribution in [-0.4, -0.2) is 24.8 Å². The van der Waals surface area contributed by atoms with Gasteiger partial charge in [0.15, 0.2) is 0 Å². The average molecular weight is 145 g/mol. The van der Waals surface area contributed by atoms with E-state index in [1.54, 1.807) is 0 Å². The molecule has 0 aliphatic carbocycles. The number of hydrogen-bond acceptors (Lipinski definition) is 4. The fourth-order valence-corrected chi connectivity index (χ4v) is 0.725. The Morgan fingerprint density at radius 2 is 2.50 bits per heavy atom. The minimum absolute atomic E-state index is 0.302. The molecule has 0 saturated carbocycles. The van der Waals surface area contributed by atoms with Gasteiger partial charge >= 0.3 is 12.1 Å². The van der Waals surface area contributed by atoms with Crippen molar-refractivity contribution in [1.29, 1.82) is 0 Å². The van der Waals surface area contributed by atoms with Crippen LogP contribution in [0.2, 0.25) is 0 Å². The first-order chi connectivity index (χ1) is 4.70. The van der Waals surface area contributed by atoms with Crippen LogP contribution in [0.4, 0.5) is 4.79 Å². The van der Waals surface area contributed by atoms with Crippen LogP contribution in [0.3, 0.4) is 0 Å². The largest absolute Gasteiger partial charge is 0.463 e. The van der Waals surface area contributed by atoms with Crippen LogP contribution in [0, 0.1) is 0 Å². The summed E-state index contributed by atoms with van der Waals surface area (Å²) in [7, 11) is 0. The van der Waals surface area contributed by atoms with Crippen molar-refractivity contribution < 1.29 is 19.1 Å². The predicted octanol–water partition coefficient (Wildman–Crippen LogP) is -0.603. The molecule has 56 valence electrons.